The standard InChI is InChI=1S/C14H16N2OS/c15-9-14-13(7-4-8-16-14)11-18(17)10-12-5-2-1-3-6-12/h1-8H,9-11,15H2. The van der Waals surface area contributed by atoms with Gasteiger partial charge in [-0.15, -0.1) is 0 Å². The highest BCUT2D eigenvalue weighted by atomic mass is 32.2. The minimum Gasteiger partial charge on any atom is -0.325 e. The Kier molecular flexibility index (Phi) is 4.61. The molecule has 1 aromatic heterocycles. The molecule has 0 fully saturated rings. The van der Waals surface area contributed by atoms with Gasteiger partial charge in [-0.1, -0.05) is 36.4 Å². The van der Waals surface area contributed by atoms with Gasteiger partial charge in [0.15, 0.2) is 0 Å². The molecule has 0 bridgehead atoms. The third-order valence-electron chi connectivity index (χ3n) is 2.66. The van der Waals surface area contributed by atoms with Gasteiger partial charge in [-0.25, -0.2) is 0 Å². The van der Waals surface area contributed by atoms with Crippen LogP contribution in [-0.2, 0) is 28.9 Å². The van der Waals surface area contributed by atoms with Crippen LogP contribution >= 0.6 is 0 Å². The van der Waals surface area contributed by atoms with Crippen molar-refractivity contribution < 1.29 is 4.21 Å². The van der Waals surface area contributed by atoms with Crippen molar-refractivity contribution in [3.05, 3.63) is 65.5 Å². The summed E-state index contributed by atoms with van der Waals surface area (Å²) in [4.78, 5) is 4.20. The molecule has 0 aliphatic heterocycles. The van der Waals surface area contributed by atoms with E-state index in [1.807, 2.05) is 42.5 Å². The SMILES string of the molecule is NCc1ncccc1CS(=O)Cc1ccccc1. The van der Waals surface area contributed by atoms with Crippen molar-refractivity contribution >= 4 is 10.8 Å². The van der Waals surface area contributed by atoms with Gasteiger partial charge in [0.25, 0.3) is 0 Å². The van der Waals surface area contributed by atoms with Crippen molar-refractivity contribution in [1.29, 1.82) is 0 Å². The number of benzene rings is 1. The number of hydrogen-bond acceptors (Lipinski definition) is 3. The Labute approximate surface area is 110 Å². The van der Waals surface area contributed by atoms with Crippen molar-refractivity contribution in [2.75, 3.05) is 0 Å². The van der Waals surface area contributed by atoms with E-state index in [2.05, 4.69) is 4.98 Å². The highest BCUT2D eigenvalue weighted by Gasteiger charge is 2.07. The second kappa shape index (κ2) is 6.42. The zero-order valence-corrected chi connectivity index (χ0v) is 10.9. The van der Waals surface area contributed by atoms with Gasteiger partial charge in [0.2, 0.25) is 0 Å². The highest BCUT2D eigenvalue weighted by molar-refractivity contribution is 7.83. The molecule has 2 rings (SSSR count). The molecule has 1 aromatic carbocycles. The average Bonchev–Trinajstić information content (AvgIpc) is 2.40. The second-order valence-corrected chi connectivity index (χ2v) is 5.48. The van der Waals surface area contributed by atoms with E-state index in [1.54, 1.807) is 6.20 Å². The molecular weight excluding hydrogens is 244 g/mol. The molecule has 18 heavy (non-hydrogen) atoms. The van der Waals surface area contributed by atoms with Crippen LogP contribution in [0.25, 0.3) is 0 Å². The van der Waals surface area contributed by atoms with Crippen LogP contribution in [0.2, 0.25) is 0 Å². The first kappa shape index (κ1) is 12.9. The lowest BCUT2D eigenvalue weighted by molar-refractivity contribution is 0.681. The van der Waals surface area contributed by atoms with Gasteiger partial charge in [-0.05, 0) is 17.2 Å². The molecule has 2 aromatic rings. The Morgan fingerprint density at radius 1 is 1.06 bits per heavy atom. The van der Waals surface area contributed by atoms with Gasteiger partial charge in [0.1, 0.15) is 0 Å². The van der Waals surface area contributed by atoms with Crippen molar-refractivity contribution in [2.24, 2.45) is 5.73 Å². The van der Waals surface area contributed by atoms with Crippen LogP contribution in [0.4, 0.5) is 0 Å². The Bertz CT molecular complexity index is 528. The maximum absolute atomic E-state index is 12.1. The number of aromatic nitrogens is 1. The maximum atomic E-state index is 12.1. The van der Waals surface area contributed by atoms with E-state index < -0.39 is 10.8 Å². The summed E-state index contributed by atoms with van der Waals surface area (Å²) in [6.45, 7) is 0.388. The fourth-order valence-corrected chi connectivity index (χ4v) is 3.05. The molecule has 0 spiro atoms. The maximum Gasteiger partial charge on any atom is 0.0580 e. The van der Waals surface area contributed by atoms with Crippen LogP contribution in [0.1, 0.15) is 16.8 Å². The molecule has 3 nitrogen and oxygen atoms in total. The van der Waals surface area contributed by atoms with Crippen LogP contribution in [0.15, 0.2) is 48.7 Å². The average molecular weight is 260 g/mol. The van der Waals surface area contributed by atoms with Gasteiger partial charge in [-0.3, -0.25) is 9.19 Å². The van der Waals surface area contributed by atoms with E-state index in [1.165, 1.54) is 0 Å². The zero-order chi connectivity index (χ0) is 12.8. The molecular formula is C14H16N2OS. The van der Waals surface area contributed by atoms with Crippen molar-refractivity contribution in [3.63, 3.8) is 0 Å². The summed E-state index contributed by atoms with van der Waals surface area (Å²) in [6.07, 6.45) is 1.71. The van der Waals surface area contributed by atoms with Crippen molar-refractivity contribution in [1.82, 2.24) is 4.98 Å². The number of nitrogens with two attached hydrogens (primary N) is 1. The summed E-state index contributed by atoms with van der Waals surface area (Å²) in [5.41, 5.74) is 8.52. The molecule has 4 heteroatoms. The normalized spacial score (nSPS) is 12.3. The molecule has 0 radical (unpaired) electrons. The highest BCUT2D eigenvalue weighted by Crippen LogP contribution is 2.11. The van der Waals surface area contributed by atoms with Gasteiger partial charge < -0.3 is 5.73 Å². The Hall–Kier alpha value is -1.52. The molecule has 0 saturated carbocycles. The van der Waals surface area contributed by atoms with E-state index in [9.17, 15) is 4.21 Å². The third kappa shape index (κ3) is 3.48. The molecule has 1 unspecified atom stereocenters. The van der Waals surface area contributed by atoms with Gasteiger partial charge in [0.05, 0.1) is 11.4 Å². The Morgan fingerprint density at radius 3 is 2.56 bits per heavy atom. The fraction of sp³-hybridized carbons (Fsp3) is 0.214. The second-order valence-electron chi connectivity index (χ2n) is 4.03. The van der Waals surface area contributed by atoms with Crippen LogP contribution in [0.3, 0.4) is 0 Å². The van der Waals surface area contributed by atoms with E-state index in [4.69, 9.17) is 5.73 Å². The van der Waals surface area contributed by atoms with Crippen molar-refractivity contribution in [2.45, 2.75) is 18.1 Å². The summed E-state index contributed by atoms with van der Waals surface area (Å²) in [5, 5.41) is 0. The summed E-state index contributed by atoms with van der Waals surface area (Å²) in [5.74, 6) is 1.08. The molecule has 0 aliphatic carbocycles. The number of pyridine rings is 1. The first-order valence-corrected chi connectivity index (χ1v) is 7.30. The summed E-state index contributed by atoms with van der Waals surface area (Å²) in [7, 11) is -0.929. The van der Waals surface area contributed by atoms with E-state index in [0.29, 0.717) is 18.1 Å². The predicted molar refractivity (Wildman–Crippen MR) is 74.1 cm³/mol. The monoisotopic (exact) mass is 260 g/mol. The molecule has 94 valence electrons. The zero-order valence-electron chi connectivity index (χ0n) is 10.1. The topological polar surface area (TPSA) is 56.0 Å². The number of rotatable bonds is 5. The van der Waals surface area contributed by atoms with Crippen LogP contribution in [0, 0.1) is 0 Å². The van der Waals surface area contributed by atoms with E-state index in [-0.39, 0.29) is 0 Å². The fourth-order valence-electron chi connectivity index (χ4n) is 1.77. The lowest BCUT2D eigenvalue weighted by atomic mass is 10.2. The molecule has 1 heterocycles. The summed E-state index contributed by atoms with van der Waals surface area (Å²) in [6, 6.07) is 13.7. The molecule has 1 atom stereocenters. The lowest BCUT2D eigenvalue weighted by Gasteiger charge is -2.06. The van der Waals surface area contributed by atoms with Crippen molar-refractivity contribution in [3.8, 4) is 0 Å². The minimum absolute atomic E-state index is 0.388. The first-order valence-electron chi connectivity index (χ1n) is 5.81. The third-order valence-corrected chi connectivity index (χ3v) is 3.95. The molecule has 0 amide bonds. The van der Waals surface area contributed by atoms with Crippen LogP contribution in [-0.4, -0.2) is 9.19 Å². The van der Waals surface area contributed by atoms with Gasteiger partial charge in [0, 0.05) is 29.3 Å². The lowest BCUT2D eigenvalue weighted by Crippen LogP contribution is -2.07. The van der Waals surface area contributed by atoms with Crippen LogP contribution in [0.5, 0.6) is 0 Å². The quantitative estimate of drug-likeness (QED) is 0.894. The summed E-state index contributed by atoms with van der Waals surface area (Å²) < 4.78 is 12.1. The number of hydrogen-bond donors (Lipinski definition) is 1. The van der Waals surface area contributed by atoms with E-state index >= 15 is 0 Å². The van der Waals surface area contributed by atoms with E-state index in [0.717, 1.165) is 16.8 Å². The van der Waals surface area contributed by atoms with Gasteiger partial charge >= 0.3 is 0 Å². The molecule has 0 saturated heterocycles. The first-order chi connectivity index (χ1) is 8.79. The Morgan fingerprint density at radius 2 is 1.83 bits per heavy atom. The van der Waals surface area contributed by atoms with Gasteiger partial charge in [-0.2, -0.15) is 0 Å². The Balaban J connectivity index is 2.03. The van der Waals surface area contributed by atoms with Crippen LogP contribution < -0.4 is 5.73 Å². The summed E-state index contributed by atoms with van der Waals surface area (Å²) >= 11 is 0. The molecule has 2 N–H and O–H groups in total. The minimum atomic E-state index is -0.929. The predicted octanol–water partition coefficient (Wildman–Crippen LogP) is 1.99. The smallest absolute Gasteiger partial charge is 0.0580 e. The largest absolute Gasteiger partial charge is 0.325 e. The number of nitrogens with zero attached hydrogens (tertiary/aromatic N) is 1. The molecule has 0 aliphatic rings.